The minimum absolute atomic E-state index is 0.224. The molecule has 4 rings (SSSR count). The molecule has 31 heavy (non-hydrogen) atoms. The summed E-state index contributed by atoms with van der Waals surface area (Å²) in [6, 6.07) is 0. The summed E-state index contributed by atoms with van der Waals surface area (Å²) in [7, 11) is 0. The first kappa shape index (κ1) is 24.0. The molecule has 1 aliphatic heterocycles. The molecule has 180 valence electrons. The molecule has 1 saturated heterocycles. The minimum Gasteiger partial charge on any atom is -0.392 e. The van der Waals surface area contributed by atoms with Crippen LogP contribution in [0.4, 0.5) is 4.39 Å². The van der Waals surface area contributed by atoms with Crippen molar-refractivity contribution in [3.8, 4) is 0 Å². The zero-order valence-electron chi connectivity index (χ0n) is 19.9. The van der Waals surface area contributed by atoms with E-state index in [1.54, 1.807) is 0 Å². The van der Waals surface area contributed by atoms with Crippen molar-refractivity contribution in [2.24, 2.45) is 23.7 Å². The van der Waals surface area contributed by atoms with E-state index in [-0.39, 0.29) is 6.10 Å². The number of likely N-dealkylation sites (tertiary alicyclic amines) is 1. The SMILES string of the molecule is O[C@@H]1CN(CC2CCC(F)CC2)CCC1CCOC(C1CCCCC1)C1CCCCC1. The first-order chi connectivity index (χ1) is 15.2. The van der Waals surface area contributed by atoms with Crippen molar-refractivity contribution in [1.82, 2.24) is 4.90 Å². The Balaban J connectivity index is 1.20. The molecule has 0 spiro atoms. The van der Waals surface area contributed by atoms with E-state index in [4.69, 9.17) is 4.74 Å². The summed E-state index contributed by atoms with van der Waals surface area (Å²) in [5.41, 5.74) is 0. The van der Waals surface area contributed by atoms with Crippen LogP contribution in [0.25, 0.3) is 0 Å². The number of hydrogen-bond donors (Lipinski definition) is 1. The Hall–Kier alpha value is -0.190. The van der Waals surface area contributed by atoms with Gasteiger partial charge >= 0.3 is 0 Å². The van der Waals surface area contributed by atoms with Gasteiger partial charge < -0.3 is 14.7 Å². The highest BCUT2D eigenvalue weighted by atomic mass is 19.1. The van der Waals surface area contributed by atoms with Crippen LogP contribution in [0.1, 0.15) is 103 Å². The van der Waals surface area contributed by atoms with Gasteiger partial charge in [-0.05, 0) is 94.4 Å². The molecule has 0 amide bonds. The number of alkyl halides is 1. The molecule has 1 heterocycles. The smallest absolute Gasteiger partial charge is 0.100 e. The van der Waals surface area contributed by atoms with E-state index >= 15 is 0 Å². The first-order valence-electron chi connectivity index (χ1n) is 13.8. The van der Waals surface area contributed by atoms with Crippen LogP contribution in [0.15, 0.2) is 0 Å². The van der Waals surface area contributed by atoms with Gasteiger partial charge in [-0.2, -0.15) is 0 Å². The molecule has 4 heteroatoms. The molecular weight excluding hydrogens is 389 g/mol. The summed E-state index contributed by atoms with van der Waals surface area (Å²) >= 11 is 0. The highest BCUT2D eigenvalue weighted by Gasteiger charge is 2.34. The largest absolute Gasteiger partial charge is 0.392 e. The molecule has 2 atom stereocenters. The number of halogens is 1. The standard InChI is InChI=1S/C27H48FNO2/c28-25-13-11-21(12-14-25)19-29-17-15-22(26(30)20-29)16-18-31-27(23-7-3-1-4-8-23)24-9-5-2-6-10-24/h21-27,30H,1-20H2/t21?,22?,25?,26-/m1/s1. The number of aliphatic hydroxyl groups excluding tert-OH is 1. The van der Waals surface area contributed by atoms with E-state index in [0.717, 1.165) is 76.6 Å². The van der Waals surface area contributed by atoms with Gasteiger partial charge in [0.05, 0.1) is 12.2 Å². The predicted octanol–water partition coefficient (Wildman–Crippen LogP) is 6.13. The second kappa shape index (κ2) is 12.3. The Bertz CT molecular complexity index is 479. The average molecular weight is 438 g/mol. The molecule has 1 N–H and O–H groups in total. The molecule has 3 saturated carbocycles. The quantitative estimate of drug-likeness (QED) is 0.495. The Morgan fingerprint density at radius 2 is 1.42 bits per heavy atom. The minimum atomic E-state index is -0.571. The van der Waals surface area contributed by atoms with Crippen LogP contribution in [0.5, 0.6) is 0 Å². The average Bonchev–Trinajstić information content (AvgIpc) is 2.81. The van der Waals surface area contributed by atoms with Gasteiger partial charge in [-0.1, -0.05) is 38.5 Å². The van der Waals surface area contributed by atoms with Crippen LogP contribution in [-0.4, -0.2) is 54.6 Å². The van der Waals surface area contributed by atoms with Crippen molar-refractivity contribution < 1.29 is 14.2 Å². The fourth-order valence-electron chi connectivity index (χ4n) is 7.16. The van der Waals surface area contributed by atoms with Gasteiger partial charge in [-0.15, -0.1) is 0 Å². The molecule has 3 aliphatic carbocycles. The maximum Gasteiger partial charge on any atom is 0.100 e. The van der Waals surface area contributed by atoms with Crippen LogP contribution in [0, 0.1) is 23.7 Å². The zero-order valence-corrected chi connectivity index (χ0v) is 19.9. The van der Waals surface area contributed by atoms with Crippen molar-refractivity contribution >= 4 is 0 Å². The molecule has 0 radical (unpaired) electrons. The number of nitrogens with zero attached hydrogens (tertiary/aromatic N) is 1. The highest BCUT2D eigenvalue weighted by molar-refractivity contribution is 4.85. The summed E-state index contributed by atoms with van der Waals surface area (Å²) in [5, 5.41) is 10.8. The second-order valence-electron chi connectivity index (χ2n) is 11.4. The fourth-order valence-corrected chi connectivity index (χ4v) is 7.16. The third-order valence-corrected chi connectivity index (χ3v) is 9.13. The predicted molar refractivity (Wildman–Crippen MR) is 125 cm³/mol. The van der Waals surface area contributed by atoms with Crippen LogP contribution in [0.2, 0.25) is 0 Å². The van der Waals surface area contributed by atoms with Gasteiger partial charge in [-0.25, -0.2) is 4.39 Å². The number of β-amino-alcohol motifs (C(OH)–C–C–N with tert-alkyl or cyclic N) is 1. The molecule has 4 fully saturated rings. The lowest BCUT2D eigenvalue weighted by atomic mass is 9.75. The summed E-state index contributed by atoms with van der Waals surface area (Å²) in [6.07, 6.45) is 19.2. The highest BCUT2D eigenvalue weighted by Crippen LogP contribution is 2.38. The van der Waals surface area contributed by atoms with E-state index in [2.05, 4.69) is 4.90 Å². The van der Waals surface area contributed by atoms with E-state index in [1.165, 1.54) is 64.2 Å². The molecule has 3 nitrogen and oxygen atoms in total. The Morgan fingerprint density at radius 1 is 0.806 bits per heavy atom. The third-order valence-electron chi connectivity index (χ3n) is 9.13. The van der Waals surface area contributed by atoms with Gasteiger partial charge in [-0.3, -0.25) is 0 Å². The Labute approximate surface area is 190 Å². The fraction of sp³-hybridized carbons (Fsp3) is 1.00. The monoisotopic (exact) mass is 437 g/mol. The van der Waals surface area contributed by atoms with Crippen molar-refractivity contribution in [1.29, 1.82) is 0 Å². The Morgan fingerprint density at radius 3 is 2.00 bits per heavy atom. The molecule has 0 aromatic rings. The van der Waals surface area contributed by atoms with Crippen molar-refractivity contribution in [2.75, 3.05) is 26.2 Å². The number of hydrogen-bond acceptors (Lipinski definition) is 3. The summed E-state index contributed by atoms with van der Waals surface area (Å²) in [4.78, 5) is 2.44. The first-order valence-corrected chi connectivity index (χ1v) is 13.8. The summed E-state index contributed by atoms with van der Waals surface area (Å²) < 4.78 is 20.1. The van der Waals surface area contributed by atoms with E-state index < -0.39 is 6.17 Å². The van der Waals surface area contributed by atoms with Crippen molar-refractivity contribution in [2.45, 2.75) is 121 Å². The van der Waals surface area contributed by atoms with Gasteiger partial charge in [0.25, 0.3) is 0 Å². The molecule has 0 aromatic heterocycles. The third kappa shape index (κ3) is 7.14. The van der Waals surface area contributed by atoms with Crippen LogP contribution in [-0.2, 0) is 4.74 Å². The lowest BCUT2D eigenvalue weighted by Crippen LogP contribution is -2.46. The van der Waals surface area contributed by atoms with Gasteiger partial charge in [0.1, 0.15) is 6.17 Å². The summed E-state index contributed by atoms with van der Waals surface area (Å²) in [5.74, 6) is 2.58. The molecule has 0 bridgehead atoms. The second-order valence-corrected chi connectivity index (χ2v) is 11.4. The Kier molecular flexibility index (Phi) is 9.52. The normalized spacial score (nSPS) is 34.9. The number of aliphatic hydroxyl groups is 1. The number of rotatable bonds is 8. The van der Waals surface area contributed by atoms with Crippen LogP contribution in [0.3, 0.4) is 0 Å². The lowest BCUT2D eigenvalue weighted by molar-refractivity contribution is -0.0621. The van der Waals surface area contributed by atoms with Gasteiger partial charge in [0.15, 0.2) is 0 Å². The van der Waals surface area contributed by atoms with E-state index in [1.807, 2.05) is 0 Å². The molecule has 1 unspecified atom stereocenters. The van der Waals surface area contributed by atoms with Crippen molar-refractivity contribution in [3.63, 3.8) is 0 Å². The van der Waals surface area contributed by atoms with Crippen molar-refractivity contribution in [3.05, 3.63) is 0 Å². The lowest BCUT2D eigenvalue weighted by Gasteiger charge is -2.40. The number of piperidine rings is 1. The zero-order chi connectivity index (χ0) is 21.5. The van der Waals surface area contributed by atoms with Crippen LogP contribution < -0.4 is 0 Å². The molecule has 4 aliphatic rings. The molecular formula is C27H48FNO2. The van der Waals surface area contributed by atoms with E-state index in [0.29, 0.717) is 17.9 Å². The molecule has 0 aromatic carbocycles. The van der Waals surface area contributed by atoms with Gasteiger partial charge in [0.2, 0.25) is 0 Å². The summed E-state index contributed by atoms with van der Waals surface area (Å²) in [6.45, 7) is 3.78. The van der Waals surface area contributed by atoms with Crippen LogP contribution >= 0.6 is 0 Å². The van der Waals surface area contributed by atoms with E-state index in [9.17, 15) is 9.50 Å². The topological polar surface area (TPSA) is 32.7 Å². The maximum atomic E-state index is 13.4. The van der Waals surface area contributed by atoms with Gasteiger partial charge in [0, 0.05) is 19.7 Å². The maximum absolute atomic E-state index is 13.4. The number of ether oxygens (including phenoxy) is 1.